The first-order valence-electron chi connectivity index (χ1n) is 7.25. The van der Waals surface area contributed by atoms with E-state index in [2.05, 4.69) is 0 Å². The molecule has 3 aromatic rings. The first kappa shape index (κ1) is 15.8. The molecule has 3 rings (SSSR count). The molecule has 0 aliphatic heterocycles. The van der Waals surface area contributed by atoms with Crippen LogP contribution in [0, 0.1) is 10.1 Å². The van der Waals surface area contributed by atoms with E-state index in [0.717, 1.165) is 22.5 Å². The number of carbonyl (C=O) groups excluding carboxylic acids is 1. The van der Waals surface area contributed by atoms with Gasteiger partial charge >= 0.3 is 5.00 Å². The molecular formula is C19H13NO3S. The van der Waals surface area contributed by atoms with Crippen LogP contribution in [0.5, 0.6) is 0 Å². The maximum absolute atomic E-state index is 12.2. The molecule has 0 saturated carbocycles. The molecule has 5 heteroatoms. The highest BCUT2D eigenvalue weighted by Gasteiger charge is 2.08. The van der Waals surface area contributed by atoms with E-state index in [4.69, 9.17) is 0 Å². The highest BCUT2D eigenvalue weighted by Crippen LogP contribution is 2.25. The molecular weight excluding hydrogens is 322 g/mol. The van der Waals surface area contributed by atoms with Gasteiger partial charge in [0.15, 0.2) is 5.78 Å². The SMILES string of the molecule is O=C(C=Cc1ccc([N+](=O)[O-])s1)c1ccc(-c2ccccc2)cc1. The summed E-state index contributed by atoms with van der Waals surface area (Å²) < 4.78 is 0. The van der Waals surface area contributed by atoms with Crippen molar-refractivity contribution in [2.75, 3.05) is 0 Å². The summed E-state index contributed by atoms with van der Waals surface area (Å²) in [5.41, 5.74) is 2.72. The van der Waals surface area contributed by atoms with Crippen LogP contribution in [0.4, 0.5) is 5.00 Å². The quantitative estimate of drug-likeness (QED) is 0.278. The van der Waals surface area contributed by atoms with Crippen molar-refractivity contribution in [3.63, 3.8) is 0 Å². The predicted molar refractivity (Wildman–Crippen MR) is 96.2 cm³/mol. The van der Waals surface area contributed by atoms with E-state index < -0.39 is 4.92 Å². The first-order valence-corrected chi connectivity index (χ1v) is 8.07. The topological polar surface area (TPSA) is 60.2 Å². The average Bonchev–Trinajstić information content (AvgIpc) is 3.10. The van der Waals surface area contributed by atoms with Crippen molar-refractivity contribution in [1.29, 1.82) is 0 Å². The second-order valence-corrected chi connectivity index (χ2v) is 6.17. The average molecular weight is 335 g/mol. The molecule has 0 amide bonds. The van der Waals surface area contributed by atoms with Gasteiger partial charge in [-0.15, -0.1) is 0 Å². The summed E-state index contributed by atoms with van der Waals surface area (Å²) >= 11 is 1.04. The van der Waals surface area contributed by atoms with Gasteiger partial charge in [-0.1, -0.05) is 65.9 Å². The summed E-state index contributed by atoms with van der Waals surface area (Å²) in [6.07, 6.45) is 3.04. The fourth-order valence-corrected chi connectivity index (χ4v) is 2.97. The minimum Gasteiger partial charge on any atom is -0.289 e. The van der Waals surface area contributed by atoms with Crippen LogP contribution in [-0.4, -0.2) is 10.7 Å². The molecule has 4 nitrogen and oxygen atoms in total. The molecule has 0 bridgehead atoms. The number of carbonyl (C=O) groups is 1. The minimum atomic E-state index is -0.438. The van der Waals surface area contributed by atoms with Crippen LogP contribution in [0.2, 0.25) is 0 Å². The molecule has 0 spiro atoms. The second kappa shape index (κ2) is 7.02. The normalized spacial score (nSPS) is 10.8. The van der Waals surface area contributed by atoms with Crippen molar-refractivity contribution in [2.24, 2.45) is 0 Å². The van der Waals surface area contributed by atoms with Gasteiger partial charge in [-0.25, -0.2) is 0 Å². The second-order valence-electron chi connectivity index (χ2n) is 5.07. The highest BCUT2D eigenvalue weighted by atomic mass is 32.1. The predicted octanol–water partition coefficient (Wildman–Crippen LogP) is 5.22. The van der Waals surface area contributed by atoms with Crippen LogP contribution in [0.15, 0.2) is 72.8 Å². The number of allylic oxidation sites excluding steroid dienone is 1. The Morgan fingerprint density at radius 3 is 2.21 bits per heavy atom. The summed E-state index contributed by atoms with van der Waals surface area (Å²) in [7, 11) is 0. The van der Waals surface area contributed by atoms with Crippen LogP contribution in [0.25, 0.3) is 17.2 Å². The molecule has 24 heavy (non-hydrogen) atoms. The lowest BCUT2D eigenvalue weighted by Gasteiger charge is -2.02. The van der Waals surface area contributed by atoms with Crippen LogP contribution in [0.3, 0.4) is 0 Å². The highest BCUT2D eigenvalue weighted by molar-refractivity contribution is 7.16. The fraction of sp³-hybridized carbons (Fsp3) is 0. The zero-order chi connectivity index (χ0) is 16.9. The molecule has 0 unspecified atom stereocenters. The monoisotopic (exact) mass is 335 g/mol. The van der Waals surface area contributed by atoms with E-state index in [1.165, 1.54) is 12.1 Å². The Balaban J connectivity index is 1.73. The van der Waals surface area contributed by atoms with E-state index in [1.807, 2.05) is 42.5 Å². The third-order valence-electron chi connectivity index (χ3n) is 3.47. The van der Waals surface area contributed by atoms with Crippen LogP contribution >= 0.6 is 11.3 Å². The van der Waals surface area contributed by atoms with Gasteiger partial charge in [-0.2, -0.15) is 0 Å². The lowest BCUT2D eigenvalue weighted by molar-refractivity contribution is -0.380. The molecule has 2 aromatic carbocycles. The number of benzene rings is 2. The number of nitrogens with zero attached hydrogens (tertiary/aromatic N) is 1. The molecule has 0 atom stereocenters. The van der Waals surface area contributed by atoms with Crippen molar-refractivity contribution in [2.45, 2.75) is 0 Å². The Kier molecular flexibility index (Phi) is 4.63. The number of nitro groups is 1. The van der Waals surface area contributed by atoms with E-state index in [9.17, 15) is 14.9 Å². The van der Waals surface area contributed by atoms with Gasteiger partial charge in [-0.3, -0.25) is 14.9 Å². The van der Waals surface area contributed by atoms with Crippen LogP contribution in [0.1, 0.15) is 15.2 Å². The van der Waals surface area contributed by atoms with Crippen molar-refractivity contribution >= 4 is 28.2 Å². The number of rotatable bonds is 5. The molecule has 118 valence electrons. The van der Waals surface area contributed by atoms with Gasteiger partial charge in [0.25, 0.3) is 0 Å². The van der Waals surface area contributed by atoms with Crippen molar-refractivity contribution in [3.05, 3.63) is 93.4 Å². The van der Waals surface area contributed by atoms with Crippen LogP contribution in [-0.2, 0) is 0 Å². The van der Waals surface area contributed by atoms with Crippen molar-refractivity contribution in [3.8, 4) is 11.1 Å². The van der Waals surface area contributed by atoms with E-state index in [1.54, 1.807) is 24.3 Å². The lowest BCUT2D eigenvalue weighted by atomic mass is 10.0. The molecule has 1 heterocycles. The summed E-state index contributed by atoms with van der Waals surface area (Å²) in [5, 5.41) is 10.7. The van der Waals surface area contributed by atoms with Gasteiger partial charge in [0.05, 0.1) is 4.92 Å². The van der Waals surface area contributed by atoms with Gasteiger partial charge in [0, 0.05) is 16.5 Å². The molecule has 0 radical (unpaired) electrons. The van der Waals surface area contributed by atoms with Crippen molar-refractivity contribution < 1.29 is 9.72 Å². The zero-order valence-electron chi connectivity index (χ0n) is 12.6. The Labute approximate surface area is 142 Å². The molecule has 0 saturated heterocycles. The van der Waals surface area contributed by atoms with E-state index >= 15 is 0 Å². The standard InChI is InChI=1S/C19H13NO3S/c21-18(12-10-17-11-13-19(24-17)20(22)23)16-8-6-15(7-9-16)14-4-2-1-3-5-14/h1-13H. The molecule has 0 fully saturated rings. The number of thiophene rings is 1. The van der Waals surface area contributed by atoms with Gasteiger partial charge < -0.3 is 0 Å². The lowest BCUT2D eigenvalue weighted by Crippen LogP contribution is -1.93. The van der Waals surface area contributed by atoms with Gasteiger partial charge in [0.2, 0.25) is 0 Å². The van der Waals surface area contributed by atoms with E-state index in [-0.39, 0.29) is 10.8 Å². The van der Waals surface area contributed by atoms with E-state index in [0.29, 0.717) is 10.4 Å². The Hall–Kier alpha value is -3.05. The molecule has 0 aliphatic carbocycles. The smallest absolute Gasteiger partial charge is 0.289 e. The third kappa shape index (κ3) is 3.64. The largest absolute Gasteiger partial charge is 0.324 e. The summed E-state index contributed by atoms with van der Waals surface area (Å²) in [4.78, 5) is 23.1. The first-order chi connectivity index (χ1) is 11.6. The Morgan fingerprint density at radius 2 is 1.58 bits per heavy atom. The number of ketones is 1. The van der Waals surface area contributed by atoms with Crippen LogP contribution < -0.4 is 0 Å². The van der Waals surface area contributed by atoms with Crippen molar-refractivity contribution in [1.82, 2.24) is 0 Å². The number of hydrogen-bond donors (Lipinski definition) is 0. The summed E-state index contributed by atoms with van der Waals surface area (Å²) in [6, 6.07) is 20.4. The summed E-state index contributed by atoms with van der Waals surface area (Å²) in [6.45, 7) is 0. The van der Waals surface area contributed by atoms with Gasteiger partial charge in [-0.05, 0) is 29.3 Å². The third-order valence-corrected chi connectivity index (χ3v) is 4.47. The number of hydrogen-bond acceptors (Lipinski definition) is 4. The molecule has 0 N–H and O–H groups in total. The zero-order valence-corrected chi connectivity index (χ0v) is 13.4. The maximum Gasteiger partial charge on any atom is 0.324 e. The Morgan fingerprint density at radius 1 is 0.917 bits per heavy atom. The summed E-state index contributed by atoms with van der Waals surface area (Å²) in [5.74, 6) is -0.134. The Bertz CT molecular complexity index is 896. The van der Waals surface area contributed by atoms with Gasteiger partial charge in [0.1, 0.15) is 0 Å². The minimum absolute atomic E-state index is 0.0642. The maximum atomic E-state index is 12.2. The fourth-order valence-electron chi connectivity index (χ4n) is 2.24. The molecule has 0 aliphatic rings. The molecule has 1 aromatic heterocycles.